The van der Waals surface area contributed by atoms with Crippen LogP contribution in [0.5, 0.6) is 0 Å². The van der Waals surface area contributed by atoms with E-state index in [0.29, 0.717) is 0 Å². The summed E-state index contributed by atoms with van der Waals surface area (Å²) in [4.78, 5) is 4.24. The van der Waals surface area contributed by atoms with E-state index < -0.39 is 14.9 Å². The summed E-state index contributed by atoms with van der Waals surface area (Å²) in [6.07, 6.45) is 1.84. The van der Waals surface area contributed by atoms with Gasteiger partial charge in [0.25, 0.3) is 10.1 Å². The zero-order chi connectivity index (χ0) is 14.7. The van der Waals surface area contributed by atoms with Crippen LogP contribution in [0.3, 0.4) is 0 Å². The standard InChI is InChI=1S/C10H9N.C4H10O3S/c1-8-6-7-11-10-5-3-2-4-9(8)10;1-4(2,3)8(5,6)7/h2-7H,1H3;1-3H3,(H,5,6,7). The van der Waals surface area contributed by atoms with Crippen molar-refractivity contribution >= 4 is 21.0 Å². The van der Waals surface area contributed by atoms with Gasteiger partial charge >= 0.3 is 0 Å². The molecule has 2 aromatic rings. The molecule has 2 rings (SSSR count). The van der Waals surface area contributed by atoms with Crippen LogP contribution in [-0.2, 0) is 10.1 Å². The van der Waals surface area contributed by atoms with E-state index in [4.69, 9.17) is 4.55 Å². The molecule has 104 valence electrons. The van der Waals surface area contributed by atoms with Crippen molar-refractivity contribution in [2.45, 2.75) is 32.4 Å². The van der Waals surface area contributed by atoms with Crippen LogP contribution in [-0.4, -0.2) is 22.7 Å². The smallest absolute Gasteiger partial charge is 0.269 e. The predicted octanol–water partition coefficient (Wildman–Crippen LogP) is 3.22. The van der Waals surface area contributed by atoms with E-state index in [1.165, 1.54) is 31.7 Å². The second-order valence-electron chi connectivity index (χ2n) is 5.23. The third-order valence-corrected chi connectivity index (χ3v) is 4.19. The van der Waals surface area contributed by atoms with Crippen molar-refractivity contribution in [2.75, 3.05) is 0 Å². The first-order valence-electron chi connectivity index (χ1n) is 5.90. The maximum atomic E-state index is 10.2. The molecule has 0 bridgehead atoms. The lowest BCUT2D eigenvalue weighted by Gasteiger charge is -2.12. The molecule has 1 N–H and O–H groups in total. The van der Waals surface area contributed by atoms with Gasteiger partial charge < -0.3 is 0 Å². The lowest BCUT2D eigenvalue weighted by molar-refractivity contribution is 0.450. The Hall–Kier alpha value is -1.46. The number of para-hydroxylation sites is 1. The van der Waals surface area contributed by atoms with E-state index in [9.17, 15) is 8.42 Å². The average Bonchev–Trinajstić information content (AvgIpc) is 2.28. The minimum Gasteiger partial charge on any atom is -0.285 e. The van der Waals surface area contributed by atoms with Crippen molar-refractivity contribution in [1.82, 2.24) is 4.98 Å². The number of hydrogen-bond acceptors (Lipinski definition) is 3. The third kappa shape index (κ3) is 4.29. The van der Waals surface area contributed by atoms with Crippen molar-refractivity contribution in [3.05, 3.63) is 42.1 Å². The maximum Gasteiger partial charge on any atom is 0.269 e. The van der Waals surface area contributed by atoms with Gasteiger partial charge in [-0.3, -0.25) is 9.54 Å². The fourth-order valence-corrected chi connectivity index (χ4v) is 1.24. The van der Waals surface area contributed by atoms with Crippen LogP contribution in [0.25, 0.3) is 10.9 Å². The van der Waals surface area contributed by atoms with Gasteiger partial charge in [0.1, 0.15) is 0 Å². The average molecular weight is 281 g/mol. The lowest BCUT2D eigenvalue weighted by Crippen LogP contribution is -2.26. The Morgan fingerprint density at radius 1 is 1.11 bits per heavy atom. The summed E-state index contributed by atoms with van der Waals surface area (Å²) in [5.74, 6) is 0. The monoisotopic (exact) mass is 281 g/mol. The SMILES string of the molecule is CC(C)(C)S(=O)(=O)O.Cc1ccnc2ccccc12. The molecule has 0 unspecified atom stereocenters. The van der Waals surface area contributed by atoms with Gasteiger partial charge in [0.05, 0.1) is 10.3 Å². The van der Waals surface area contributed by atoms with Crippen LogP contribution in [0.2, 0.25) is 0 Å². The molecule has 1 aromatic heterocycles. The second kappa shape index (κ2) is 5.67. The number of pyridine rings is 1. The van der Waals surface area contributed by atoms with Crippen LogP contribution in [0.15, 0.2) is 36.5 Å². The summed E-state index contributed by atoms with van der Waals surface area (Å²) >= 11 is 0. The van der Waals surface area contributed by atoms with Gasteiger partial charge in [-0.2, -0.15) is 8.42 Å². The van der Waals surface area contributed by atoms with Gasteiger partial charge in [-0.15, -0.1) is 0 Å². The van der Waals surface area contributed by atoms with Gasteiger partial charge in [-0.25, -0.2) is 0 Å². The molecule has 1 heterocycles. The Balaban J connectivity index is 0.000000203. The first kappa shape index (κ1) is 15.6. The van der Waals surface area contributed by atoms with E-state index in [0.717, 1.165) is 5.52 Å². The second-order valence-corrected chi connectivity index (χ2v) is 7.41. The molecule has 0 atom stereocenters. The molecule has 19 heavy (non-hydrogen) atoms. The highest BCUT2D eigenvalue weighted by Crippen LogP contribution is 2.14. The van der Waals surface area contributed by atoms with Crippen LogP contribution >= 0.6 is 0 Å². The van der Waals surface area contributed by atoms with Crippen molar-refractivity contribution in [1.29, 1.82) is 0 Å². The van der Waals surface area contributed by atoms with E-state index in [1.54, 1.807) is 0 Å². The lowest BCUT2D eigenvalue weighted by atomic mass is 10.1. The molecule has 0 saturated heterocycles. The Kier molecular flexibility index (Phi) is 4.66. The summed E-state index contributed by atoms with van der Waals surface area (Å²) in [5.41, 5.74) is 2.36. The molecule has 0 aliphatic rings. The van der Waals surface area contributed by atoms with E-state index >= 15 is 0 Å². The highest BCUT2D eigenvalue weighted by atomic mass is 32.2. The number of benzene rings is 1. The van der Waals surface area contributed by atoms with E-state index in [-0.39, 0.29) is 0 Å². The van der Waals surface area contributed by atoms with Crippen molar-refractivity contribution < 1.29 is 13.0 Å². The molecule has 0 aliphatic heterocycles. The number of rotatable bonds is 0. The van der Waals surface area contributed by atoms with Crippen LogP contribution in [0.4, 0.5) is 0 Å². The normalized spacial score (nSPS) is 11.8. The minimum absolute atomic E-state index is 1.03. The third-order valence-electron chi connectivity index (χ3n) is 2.64. The molecule has 0 fully saturated rings. The Morgan fingerprint density at radius 3 is 2.11 bits per heavy atom. The number of hydrogen-bond donors (Lipinski definition) is 1. The van der Waals surface area contributed by atoms with Crippen molar-refractivity contribution in [2.24, 2.45) is 0 Å². The topological polar surface area (TPSA) is 67.3 Å². The molecule has 0 amide bonds. The molecular formula is C14H19NO3S. The molecule has 1 aromatic carbocycles. The number of aryl methyl sites for hydroxylation is 1. The summed E-state index contributed by atoms with van der Waals surface area (Å²) in [6.45, 7) is 6.40. The molecule has 0 spiro atoms. The number of aromatic nitrogens is 1. The molecule has 4 nitrogen and oxygen atoms in total. The maximum absolute atomic E-state index is 10.2. The van der Waals surface area contributed by atoms with Crippen molar-refractivity contribution in [3.63, 3.8) is 0 Å². The van der Waals surface area contributed by atoms with E-state index in [2.05, 4.69) is 18.0 Å². The Labute approximate surface area is 114 Å². The van der Waals surface area contributed by atoms with Gasteiger partial charge in [-0.1, -0.05) is 18.2 Å². The number of nitrogens with zero attached hydrogens (tertiary/aromatic N) is 1. The Bertz CT molecular complexity index is 652. The first-order chi connectivity index (χ1) is 8.63. The zero-order valence-electron chi connectivity index (χ0n) is 11.6. The summed E-state index contributed by atoms with van der Waals surface area (Å²) < 4.78 is 27.7. The number of fused-ring (bicyclic) bond motifs is 1. The Morgan fingerprint density at radius 2 is 1.63 bits per heavy atom. The highest BCUT2D eigenvalue weighted by Gasteiger charge is 2.25. The molecule has 0 radical (unpaired) electrons. The minimum atomic E-state index is -3.84. The van der Waals surface area contributed by atoms with Gasteiger partial charge in [-0.05, 0) is 45.4 Å². The summed E-state index contributed by atoms with van der Waals surface area (Å²) in [7, 11) is -3.84. The van der Waals surface area contributed by atoms with Crippen LogP contribution < -0.4 is 0 Å². The highest BCUT2D eigenvalue weighted by molar-refractivity contribution is 7.87. The predicted molar refractivity (Wildman–Crippen MR) is 77.8 cm³/mol. The quantitative estimate of drug-likeness (QED) is 0.753. The van der Waals surface area contributed by atoms with Crippen molar-refractivity contribution in [3.8, 4) is 0 Å². The molecular weight excluding hydrogens is 262 g/mol. The van der Waals surface area contributed by atoms with Gasteiger partial charge in [0.15, 0.2) is 0 Å². The van der Waals surface area contributed by atoms with Crippen LogP contribution in [0.1, 0.15) is 26.3 Å². The van der Waals surface area contributed by atoms with Gasteiger partial charge in [0, 0.05) is 11.6 Å². The van der Waals surface area contributed by atoms with E-state index in [1.807, 2.05) is 30.5 Å². The molecule has 5 heteroatoms. The van der Waals surface area contributed by atoms with Gasteiger partial charge in [0.2, 0.25) is 0 Å². The zero-order valence-corrected chi connectivity index (χ0v) is 12.4. The van der Waals surface area contributed by atoms with Crippen LogP contribution in [0, 0.1) is 6.92 Å². The summed E-state index contributed by atoms with van der Waals surface area (Å²) in [5, 5.41) is 1.25. The molecule has 0 saturated carbocycles. The summed E-state index contributed by atoms with van der Waals surface area (Å²) in [6, 6.07) is 10.2. The fourth-order valence-electron chi connectivity index (χ4n) is 1.24. The molecule has 0 aliphatic carbocycles. The first-order valence-corrected chi connectivity index (χ1v) is 7.34. The largest absolute Gasteiger partial charge is 0.285 e. The fraction of sp³-hybridized carbons (Fsp3) is 0.357.